The second-order valence-corrected chi connectivity index (χ2v) is 5.44. The fourth-order valence-corrected chi connectivity index (χ4v) is 1.88. The van der Waals surface area contributed by atoms with Gasteiger partial charge in [0, 0.05) is 39.8 Å². The molecule has 4 nitrogen and oxygen atoms in total. The third-order valence-electron chi connectivity index (χ3n) is 2.43. The molecule has 0 saturated carbocycles. The van der Waals surface area contributed by atoms with Gasteiger partial charge in [0.25, 0.3) is 0 Å². The predicted molar refractivity (Wildman–Crippen MR) is 69.2 cm³/mol. The van der Waals surface area contributed by atoms with E-state index in [2.05, 4.69) is 26.1 Å². The zero-order chi connectivity index (χ0) is 11.5. The fraction of sp³-hybridized carbons (Fsp3) is 0.909. The first kappa shape index (κ1) is 15.5. The number of nitrogens with one attached hydrogen (secondary N) is 1. The molecule has 0 aromatic heterocycles. The van der Waals surface area contributed by atoms with Gasteiger partial charge in [-0.3, -0.25) is 0 Å². The van der Waals surface area contributed by atoms with Crippen LogP contribution in [0.15, 0.2) is 0 Å². The lowest BCUT2D eigenvalue weighted by Crippen LogP contribution is -2.51. The fourth-order valence-electron chi connectivity index (χ4n) is 1.88. The maximum absolute atomic E-state index is 12.0. The number of nitrogens with zero attached hydrogens (tertiary/aromatic N) is 2. The normalized spacial score (nSPS) is 16.6. The van der Waals surface area contributed by atoms with Gasteiger partial charge in [0.2, 0.25) is 0 Å². The first-order chi connectivity index (χ1) is 6.90. The highest BCUT2D eigenvalue weighted by Crippen LogP contribution is 2.15. The first-order valence-corrected chi connectivity index (χ1v) is 5.61. The van der Waals surface area contributed by atoms with Crippen LogP contribution in [0.25, 0.3) is 0 Å². The van der Waals surface area contributed by atoms with Gasteiger partial charge in [0.15, 0.2) is 0 Å². The molecule has 0 aliphatic carbocycles. The summed E-state index contributed by atoms with van der Waals surface area (Å²) in [6, 6.07) is 0.159. The van der Waals surface area contributed by atoms with Crippen LogP contribution in [0.5, 0.6) is 0 Å². The van der Waals surface area contributed by atoms with Crippen molar-refractivity contribution in [3.63, 3.8) is 0 Å². The SMILES string of the molecule is CN(CC(C)(C)C)C(=O)N1CCNCC1.Cl. The summed E-state index contributed by atoms with van der Waals surface area (Å²) in [6.45, 7) is 10.7. The molecule has 0 spiro atoms. The van der Waals surface area contributed by atoms with E-state index in [1.165, 1.54) is 0 Å². The molecule has 1 aliphatic rings. The zero-order valence-corrected chi connectivity index (χ0v) is 11.6. The second-order valence-electron chi connectivity index (χ2n) is 5.44. The van der Waals surface area contributed by atoms with Gasteiger partial charge in [0.05, 0.1) is 0 Å². The van der Waals surface area contributed by atoms with Crippen LogP contribution in [0.3, 0.4) is 0 Å². The molecule has 16 heavy (non-hydrogen) atoms. The highest BCUT2D eigenvalue weighted by atomic mass is 35.5. The molecule has 1 aliphatic heterocycles. The van der Waals surface area contributed by atoms with Crippen molar-refractivity contribution in [1.82, 2.24) is 15.1 Å². The summed E-state index contributed by atoms with van der Waals surface area (Å²) in [5, 5.41) is 3.24. The van der Waals surface area contributed by atoms with Gasteiger partial charge in [-0.15, -0.1) is 12.4 Å². The number of piperazine rings is 1. The maximum atomic E-state index is 12.0. The summed E-state index contributed by atoms with van der Waals surface area (Å²) < 4.78 is 0. The number of urea groups is 1. The Kier molecular flexibility index (Phi) is 6.11. The minimum Gasteiger partial charge on any atom is -0.327 e. The molecular formula is C11H24ClN3O. The van der Waals surface area contributed by atoms with Crippen LogP contribution < -0.4 is 5.32 Å². The average molecular weight is 250 g/mol. The maximum Gasteiger partial charge on any atom is 0.319 e. The number of carbonyl (C=O) groups is 1. The lowest BCUT2D eigenvalue weighted by atomic mass is 9.96. The van der Waals surface area contributed by atoms with Crippen molar-refractivity contribution in [2.45, 2.75) is 20.8 Å². The van der Waals surface area contributed by atoms with Crippen molar-refractivity contribution in [3.8, 4) is 0 Å². The summed E-state index contributed by atoms with van der Waals surface area (Å²) in [5.41, 5.74) is 0.165. The minimum atomic E-state index is 0. The van der Waals surface area contributed by atoms with E-state index >= 15 is 0 Å². The Morgan fingerprint density at radius 1 is 1.31 bits per heavy atom. The largest absolute Gasteiger partial charge is 0.327 e. The molecule has 1 N–H and O–H groups in total. The lowest BCUT2D eigenvalue weighted by molar-refractivity contribution is 0.141. The van der Waals surface area contributed by atoms with Gasteiger partial charge < -0.3 is 15.1 Å². The highest BCUT2D eigenvalue weighted by molar-refractivity contribution is 5.85. The van der Waals surface area contributed by atoms with Gasteiger partial charge in [-0.1, -0.05) is 20.8 Å². The molecule has 0 unspecified atom stereocenters. The average Bonchev–Trinajstić information content (AvgIpc) is 2.15. The Morgan fingerprint density at radius 3 is 2.25 bits per heavy atom. The van der Waals surface area contributed by atoms with Crippen LogP contribution in [-0.2, 0) is 0 Å². The molecule has 0 aromatic carbocycles. The van der Waals surface area contributed by atoms with E-state index in [9.17, 15) is 4.79 Å². The number of hydrogen-bond acceptors (Lipinski definition) is 2. The van der Waals surface area contributed by atoms with Crippen molar-refractivity contribution in [3.05, 3.63) is 0 Å². The summed E-state index contributed by atoms with van der Waals surface area (Å²) in [6.07, 6.45) is 0. The summed E-state index contributed by atoms with van der Waals surface area (Å²) in [7, 11) is 1.88. The van der Waals surface area contributed by atoms with E-state index in [1.807, 2.05) is 16.8 Å². The van der Waals surface area contributed by atoms with E-state index < -0.39 is 0 Å². The second kappa shape index (κ2) is 6.30. The van der Waals surface area contributed by atoms with Crippen molar-refractivity contribution >= 4 is 18.4 Å². The molecule has 2 amide bonds. The van der Waals surface area contributed by atoms with Crippen molar-refractivity contribution < 1.29 is 4.79 Å². The van der Waals surface area contributed by atoms with Crippen LogP contribution in [0.1, 0.15) is 20.8 Å². The van der Waals surface area contributed by atoms with Crippen LogP contribution in [0.2, 0.25) is 0 Å². The molecule has 96 valence electrons. The van der Waals surface area contributed by atoms with Gasteiger partial charge in [-0.25, -0.2) is 4.79 Å². The van der Waals surface area contributed by atoms with Crippen LogP contribution in [-0.4, -0.2) is 55.6 Å². The van der Waals surface area contributed by atoms with Crippen molar-refractivity contribution in [2.75, 3.05) is 39.8 Å². The molecule has 0 atom stereocenters. The topological polar surface area (TPSA) is 35.6 Å². The summed E-state index contributed by atoms with van der Waals surface area (Å²) in [4.78, 5) is 15.7. The van der Waals surface area contributed by atoms with Crippen LogP contribution in [0, 0.1) is 5.41 Å². The van der Waals surface area contributed by atoms with Crippen molar-refractivity contribution in [2.24, 2.45) is 5.41 Å². The molecular weight excluding hydrogens is 226 g/mol. The minimum absolute atomic E-state index is 0. The molecule has 1 rings (SSSR count). The van der Waals surface area contributed by atoms with Crippen LogP contribution in [0.4, 0.5) is 4.79 Å². The molecule has 1 saturated heterocycles. The third-order valence-corrected chi connectivity index (χ3v) is 2.43. The molecule has 5 heteroatoms. The number of carbonyl (C=O) groups excluding carboxylic acids is 1. The molecule has 1 fully saturated rings. The highest BCUT2D eigenvalue weighted by Gasteiger charge is 2.23. The van der Waals surface area contributed by atoms with Gasteiger partial charge in [-0.05, 0) is 5.41 Å². The number of halogens is 1. The van der Waals surface area contributed by atoms with E-state index in [4.69, 9.17) is 0 Å². The number of hydrogen-bond donors (Lipinski definition) is 1. The van der Waals surface area contributed by atoms with E-state index in [0.29, 0.717) is 0 Å². The summed E-state index contributed by atoms with van der Waals surface area (Å²) in [5.74, 6) is 0. The van der Waals surface area contributed by atoms with E-state index in [0.717, 1.165) is 32.7 Å². The third kappa shape index (κ3) is 5.03. The van der Waals surface area contributed by atoms with E-state index in [-0.39, 0.29) is 23.9 Å². The van der Waals surface area contributed by atoms with Gasteiger partial charge >= 0.3 is 6.03 Å². The first-order valence-electron chi connectivity index (χ1n) is 5.61. The predicted octanol–water partition coefficient (Wildman–Crippen LogP) is 1.41. The summed E-state index contributed by atoms with van der Waals surface area (Å²) >= 11 is 0. The standard InChI is InChI=1S/C11H23N3O.ClH/c1-11(2,3)9-13(4)10(15)14-7-5-12-6-8-14;/h12H,5-9H2,1-4H3;1H. The molecule has 0 aromatic rings. The Labute approximate surface area is 105 Å². The number of amides is 2. The molecule has 1 heterocycles. The van der Waals surface area contributed by atoms with Crippen molar-refractivity contribution in [1.29, 1.82) is 0 Å². The monoisotopic (exact) mass is 249 g/mol. The Hall–Kier alpha value is -0.480. The Balaban J connectivity index is 0.00000225. The van der Waals surface area contributed by atoms with Gasteiger partial charge in [-0.2, -0.15) is 0 Å². The zero-order valence-electron chi connectivity index (χ0n) is 10.7. The Bertz CT molecular complexity index is 222. The Morgan fingerprint density at radius 2 is 1.81 bits per heavy atom. The smallest absolute Gasteiger partial charge is 0.319 e. The number of rotatable bonds is 1. The molecule has 0 radical (unpaired) electrons. The van der Waals surface area contributed by atoms with Gasteiger partial charge in [0.1, 0.15) is 0 Å². The quantitative estimate of drug-likeness (QED) is 0.763. The molecule has 0 bridgehead atoms. The van der Waals surface area contributed by atoms with Crippen LogP contribution >= 0.6 is 12.4 Å². The van der Waals surface area contributed by atoms with E-state index in [1.54, 1.807) is 0 Å². The lowest BCUT2D eigenvalue weighted by Gasteiger charge is -2.34.